The number of rotatable bonds is 2. The van der Waals surface area contributed by atoms with E-state index in [0.717, 1.165) is 18.9 Å². The monoisotopic (exact) mass is 177 g/mol. The minimum Gasteiger partial charge on any atom is -0.355 e. The van der Waals surface area contributed by atoms with E-state index in [0.29, 0.717) is 6.04 Å². The summed E-state index contributed by atoms with van der Waals surface area (Å²) in [5.74, 6) is 1.07. The van der Waals surface area contributed by atoms with E-state index in [-0.39, 0.29) is 0 Å². The van der Waals surface area contributed by atoms with E-state index < -0.39 is 0 Å². The average molecular weight is 177 g/mol. The van der Waals surface area contributed by atoms with E-state index >= 15 is 0 Å². The molecule has 0 aromatic carbocycles. The highest BCUT2D eigenvalue weighted by molar-refractivity contribution is 5.38. The summed E-state index contributed by atoms with van der Waals surface area (Å²) in [5, 5.41) is 3.35. The molecule has 1 aliphatic rings. The van der Waals surface area contributed by atoms with Gasteiger partial charge in [-0.05, 0) is 25.1 Å². The van der Waals surface area contributed by atoms with Crippen LogP contribution in [0.15, 0.2) is 24.4 Å². The second-order valence-electron chi connectivity index (χ2n) is 3.45. The lowest BCUT2D eigenvalue weighted by Crippen LogP contribution is -2.33. The van der Waals surface area contributed by atoms with Crippen molar-refractivity contribution in [3.05, 3.63) is 24.4 Å². The van der Waals surface area contributed by atoms with Gasteiger partial charge in [-0.2, -0.15) is 0 Å². The summed E-state index contributed by atoms with van der Waals surface area (Å²) in [6, 6.07) is 6.64. The molecule has 1 fully saturated rings. The van der Waals surface area contributed by atoms with E-state index in [2.05, 4.69) is 28.3 Å². The van der Waals surface area contributed by atoms with Crippen LogP contribution in [0.2, 0.25) is 0 Å². The van der Waals surface area contributed by atoms with Crippen LogP contribution in [0.25, 0.3) is 0 Å². The summed E-state index contributed by atoms with van der Waals surface area (Å²) in [7, 11) is 2.11. The van der Waals surface area contributed by atoms with Crippen LogP contribution in [0.4, 0.5) is 5.82 Å². The van der Waals surface area contributed by atoms with Crippen molar-refractivity contribution in [3.63, 3.8) is 0 Å². The molecule has 3 nitrogen and oxygen atoms in total. The molecule has 0 unspecified atom stereocenters. The van der Waals surface area contributed by atoms with Crippen LogP contribution in [0, 0.1) is 0 Å². The van der Waals surface area contributed by atoms with Gasteiger partial charge in [0.15, 0.2) is 0 Å². The minimum absolute atomic E-state index is 0.606. The van der Waals surface area contributed by atoms with Crippen LogP contribution >= 0.6 is 0 Å². The largest absolute Gasteiger partial charge is 0.355 e. The van der Waals surface area contributed by atoms with Crippen LogP contribution < -0.4 is 10.2 Å². The van der Waals surface area contributed by atoms with Gasteiger partial charge in [0.1, 0.15) is 5.82 Å². The van der Waals surface area contributed by atoms with E-state index in [1.807, 2.05) is 18.3 Å². The van der Waals surface area contributed by atoms with Crippen molar-refractivity contribution in [1.82, 2.24) is 10.3 Å². The maximum absolute atomic E-state index is 4.32. The summed E-state index contributed by atoms with van der Waals surface area (Å²) in [4.78, 5) is 6.57. The van der Waals surface area contributed by atoms with Gasteiger partial charge in [-0.15, -0.1) is 0 Å². The van der Waals surface area contributed by atoms with Gasteiger partial charge in [0, 0.05) is 25.8 Å². The van der Waals surface area contributed by atoms with E-state index in [1.165, 1.54) is 6.42 Å². The molecule has 0 radical (unpaired) electrons. The molecule has 0 amide bonds. The number of anilines is 1. The molecule has 0 spiro atoms. The van der Waals surface area contributed by atoms with Crippen LogP contribution in [-0.4, -0.2) is 31.2 Å². The number of nitrogens with one attached hydrogen (secondary N) is 1. The molecule has 1 aromatic rings. The van der Waals surface area contributed by atoms with Gasteiger partial charge in [-0.1, -0.05) is 6.07 Å². The first kappa shape index (κ1) is 8.51. The first-order chi connectivity index (χ1) is 6.38. The fourth-order valence-electron chi connectivity index (χ4n) is 1.72. The van der Waals surface area contributed by atoms with Crippen molar-refractivity contribution in [2.75, 3.05) is 25.0 Å². The van der Waals surface area contributed by atoms with Crippen molar-refractivity contribution >= 4 is 5.82 Å². The highest BCUT2D eigenvalue weighted by Gasteiger charge is 2.19. The summed E-state index contributed by atoms with van der Waals surface area (Å²) >= 11 is 0. The fraction of sp³-hybridized carbons (Fsp3) is 0.500. The van der Waals surface area contributed by atoms with Crippen molar-refractivity contribution in [2.24, 2.45) is 0 Å². The average Bonchev–Trinajstić information content (AvgIpc) is 2.71. The molecule has 3 heteroatoms. The predicted molar refractivity (Wildman–Crippen MR) is 53.9 cm³/mol. The number of pyridine rings is 1. The first-order valence-electron chi connectivity index (χ1n) is 4.72. The summed E-state index contributed by atoms with van der Waals surface area (Å²) in [5.41, 5.74) is 0. The van der Waals surface area contributed by atoms with Gasteiger partial charge >= 0.3 is 0 Å². The zero-order valence-electron chi connectivity index (χ0n) is 7.90. The van der Waals surface area contributed by atoms with Gasteiger partial charge in [0.25, 0.3) is 0 Å². The lowest BCUT2D eigenvalue weighted by Gasteiger charge is -2.24. The number of hydrogen-bond donors (Lipinski definition) is 1. The Balaban J connectivity index is 2.08. The van der Waals surface area contributed by atoms with Crippen molar-refractivity contribution < 1.29 is 0 Å². The van der Waals surface area contributed by atoms with Gasteiger partial charge in [0.2, 0.25) is 0 Å². The molecule has 0 aliphatic carbocycles. The SMILES string of the molecule is CN(c1ccccn1)[C@H]1CCNC1. The highest BCUT2D eigenvalue weighted by atomic mass is 15.2. The Bertz CT molecular complexity index is 254. The van der Waals surface area contributed by atoms with E-state index in [1.54, 1.807) is 0 Å². The van der Waals surface area contributed by atoms with Crippen LogP contribution in [-0.2, 0) is 0 Å². The van der Waals surface area contributed by atoms with Gasteiger partial charge < -0.3 is 10.2 Å². The lowest BCUT2D eigenvalue weighted by atomic mass is 10.2. The molecule has 0 bridgehead atoms. The van der Waals surface area contributed by atoms with Crippen LogP contribution in [0.3, 0.4) is 0 Å². The Hall–Kier alpha value is -1.09. The van der Waals surface area contributed by atoms with Crippen molar-refractivity contribution in [2.45, 2.75) is 12.5 Å². The maximum Gasteiger partial charge on any atom is 0.128 e. The smallest absolute Gasteiger partial charge is 0.128 e. The summed E-state index contributed by atoms with van der Waals surface area (Å²) in [6.07, 6.45) is 3.06. The second kappa shape index (κ2) is 3.75. The molecule has 13 heavy (non-hydrogen) atoms. The third-order valence-electron chi connectivity index (χ3n) is 2.59. The van der Waals surface area contributed by atoms with Gasteiger partial charge in [0.05, 0.1) is 0 Å². The van der Waals surface area contributed by atoms with E-state index in [9.17, 15) is 0 Å². The van der Waals surface area contributed by atoms with Crippen molar-refractivity contribution in [1.29, 1.82) is 0 Å². The van der Waals surface area contributed by atoms with Crippen molar-refractivity contribution in [3.8, 4) is 0 Å². The molecule has 1 aliphatic heterocycles. The Kier molecular flexibility index (Phi) is 2.45. The standard InChI is InChI=1S/C10H15N3/c1-13(9-5-7-11-8-9)10-4-2-3-6-12-10/h2-4,6,9,11H,5,7-8H2,1H3/t9-/m0/s1. The predicted octanol–water partition coefficient (Wildman–Crippen LogP) is 0.880. The van der Waals surface area contributed by atoms with Gasteiger partial charge in [-0.3, -0.25) is 0 Å². The molecule has 0 saturated carbocycles. The molecule has 70 valence electrons. The Morgan fingerprint density at radius 1 is 1.54 bits per heavy atom. The van der Waals surface area contributed by atoms with E-state index in [4.69, 9.17) is 0 Å². The Labute approximate surface area is 78.8 Å². The third-order valence-corrected chi connectivity index (χ3v) is 2.59. The molecule has 1 atom stereocenters. The molecular weight excluding hydrogens is 162 g/mol. The lowest BCUT2D eigenvalue weighted by molar-refractivity contribution is 0.678. The maximum atomic E-state index is 4.32. The number of aromatic nitrogens is 1. The summed E-state index contributed by atoms with van der Waals surface area (Å²) in [6.45, 7) is 2.20. The topological polar surface area (TPSA) is 28.2 Å². The molecule has 2 heterocycles. The molecule has 2 rings (SSSR count). The number of nitrogens with zero attached hydrogens (tertiary/aromatic N) is 2. The van der Waals surface area contributed by atoms with Crippen LogP contribution in [0.5, 0.6) is 0 Å². The zero-order valence-corrected chi connectivity index (χ0v) is 7.90. The Morgan fingerprint density at radius 3 is 3.08 bits per heavy atom. The molecule has 1 N–H and O–H groups in total. The molecule has 1 saturated heterocycles. The normalized spacial score (nSPS) is 21.8. The van der Waals surface area contributed by atoms with Crippen LogP contribution in [0.1, 0.15) is 6.42 Å². The third kappa shape index (κ3) is 1.80. The quantitative estimate of drug-likeness (QED) is 0.727. The minimum atomic E-state index is 0.606. The fourth-order valence-corrected chi connectivity index (χ4v) is 1.72. The highest BCUT2D eigenvalue weighted by Crippen LogP contribution is 2.14. The number of hydrogen-bond acceptors (Lipinski definition) is 3. The number of likely N-dealkylation sites (N-methyl/N-ethyl adjacent to an activating group) is 1. The zero-order chi connectivity index (χ0) is 9.10. The molecular formula is C10H15N3. The summed E-state index contributed by atoms with van der Waals surface area (Å²) < 4.78 is 0. The molecule has 1 aromatic heterocycles. The second-order valence-corrected chi connectivity index (χ2v) is 3.45. The Morgan fingerprint density at radius 2 is 2.46 bits per heavy atom. The first-order valence-corrected chi connectivity index (χ1v) is 4.72. The van der Waals surface area contributed by atoms with Gasteiger partial charge in [-0.25, -0.2) is 4.98 Å².